The average Bonchev–Trinajstić information content (AvgIpc) is 3.01. The van der Waals surface area contributed by atoms with Gasteiger partial charge in [0.25, 0.3) is 11.8 Å². The third-order valence-corrected chi connectivity index (χ3v) is 3.10. The number of rotatable bonds is 4. The minimum absolute atomic E-state index is 0.305. The van der Waals surface area contributed by atoms with Gasteiger partial charge in [0, 0.05) is 13.6 Å². The Morgan fingerprint density at radius 2 is 2.05 bits per heavy atom. The molecule has 8 heteroatoms. The molecular weight excluding hydrogens is 274 g/mol. The summed E-state index contributed by atoms with van der Waals surface area (Å²) in [5.41, 5.74) is 1.16. The summed E-state index contributed by atoms with van der Waals surface area (Å²) in [4.78, 5) is 24.2. The van der Waals surface area contributed by atoms with Crippen molar-refractivity contribution in [3.05, 3.63) is 28.8 Å². The summed E-state index contributed by atoms with van der Waals surface area (Å²) in [6, 6.07) is 0. The quantitative estimate of drug-likeness (QED) is 0.878. The Balaban J connectivity index is 2.37. The van der Waals surface area contributed by atoms with Crippen molar-refractivity contribution < 1.29 is 14.1 Å². The van der Waals surface area contributed by atoms with E-state index in [4.69, 9.17) is 4.52 Å². The van der Waals surface area contributed by atoms with Gasteiger partial charge in [-0.05, 0) is 20.8 Å². The van der Waals surface area contributed by atoms with E-state index in [0.29, 0.717) is 34.9 Å². The molecular formula is C13H17N5O3. The van der Waals surface area contributed by atoms with E-state index in [0.717, 1.165) is 0 Å². The van der Waals surface area contributed by atoms with Gasteiger partial charge in [0.1, 0.15) is 22.7 Å². The highest BCUT2D eigenvalue weighted by Gasteiger charge is 2.22. The maximum absolute atomic E-state index is 12.4. The molecule has 0 saturated carbocycles. The lowest BCUT2D eigenvalue weighted by Gasteiger charge is -2.09. The standard InChI is InChI=1S/C13H17N5O3/c1-5-18-11(9(6-15-18)12(19)14-4)16-13(20)10-7(2)17-21-8(10)3/h6H,5H2,1-4H3,(H,14,19)(H,16,20). The van der Waals surface area contributed by atoms with E-state index in [1.165, 1.54) is 13.2 Å². The number of anilines is 1. The van der Waals surface area contributed by atoms with Crippen LogP contribution >= 0.6 is 0 Å². The lowest BCUT2D eigenvalue weighted by Crippen LogP contribution is -2.22. The van der Waals surface area contributed by atoms with Gasteiger partial charge in [-0.2, -0.15) is 5.10 Å². The van der Waals surface area contributed by atoms with Crippen molar-refractivity contribution in [3.63, 3.8) is 0 Å². The second-order valence-corrected chi connectivity index (χ2v) is 4.46. The lowest BCUT2D eigenvalue weighted by atomic mass is 10.2. The Morgan fingerprint density at radius 3 is 2.57 bits per heavy atom. The summed E-state index contributed by atoms with van der Waals surface area (Å²) in [5.74, 6) is 0.0753. The van der Waals surface area contributed by atoms with Crippen LogP contribution in [0.15, 0.2) is 10.7 Å². The van der Waals surface area contributed by atoms with E-state index in [1.54, 1.807) is 18.5 Å². The second-order valence-electron chi connectivity index (χ2n) is 4.46. The van der Waals surface area contributed by atoms with E-state index < -0.39 is 0 Å². The molecule has 2 aromatic heterocycles. The van der Waals surface area contributed by atoms with E-state index >= 15 is 0 Å². The summed E-state index contributed by atoms with van der Waals surface area (Å²) in [7, 11) is 1.52. The number of nitrogens with zero attached hydrogens (tertiary/aromatic N) is 3. The monoisotopic (exact) mass is 291 g/mol. The fraction of sp³-hybridized carbons (Fsp3) is 0.385. The topological polar surface area (TPSA) is 102 Å². The van der Waals surface area contributed by atoms with Gasteiger partial charge in [0.05, 0.1) is 11.9 Å². The van der Waals surface area contributed by atoms with Gasteiger partial charge in [0.15, 0.2) is 0 Å². The van der Waals surface area contributed by atoms with Gasteiger partial charge < -0.3 is 15.2 Å². The van der Waals surface area contributed by atoms with Crippen LogP contribution < -0.4 is 10.6 Å². The number of hydrogen-bond donors (Lipinski definition) is 2. The van der Waals surface area contributed by atoms with Gasteiger partial charge in [-0.25, -0.2) is 4.68 Å². The van der Waals surface area contributed by atoms with Crippen LogP contribution in [0.1, 0.15) is 39.1 Å². The van der Waals surface area contributed by atoms with E-state index in [9.17, 15) is 9.59 Å². The fourth-order valence-corrected chi connectivity index (χ4v) is 2.03. The number of carbonyl (C=O) groups excluding carboxylic acids is 2. The fourth-order valence-electron chi connectivity index (χ4n) is 2.03. The van der Waals surface area contributed by atoms with Crippen LogP contribution in [0.3, 0.4) is 0 Å². The maximum atomic E-state index is 12.4. The molecule has 0 saturated heterocycles. The van der Waals surface area contributed by atoms with Crippen LogP contribution in [0.5, 0.6) is 0 Å². The van der Waals surface area contributed by atoms with Crippen molar-refractivity contribution in [3.8, 4) is 0 Å². The number of amides is 2. The average molecular weight is 291 g/mol. The molecule has 2 rings (SSSR count). The highest BCUT2D eigenvalue weighted by Crippen LogP contribution is 2.19. The Bertz CT molecular complexity index is 667. The number of carbonyl (C=O) groups is 2. The first kappa shape index (κ1) is 14.8. The van der Waals surface area contributed by atoms with Crippen LogP contribution in [0.25, 0.3) is 0 Å². The Hall–Kier alpha value is -2.64. The summed E-state index contributed by atoms with van der Waals surface area (Å²) < 4.78 is 6.52. The predicted octanol–water partition coefficient (Wildman–Crippen LogP) is 1.12. The summed E-state index contributed by atoms with van der Waals surface area (Å²) in [6.45, 7) is 5.73. The minimum Gasteiger partial charge on any atom is -0.361 e. The first-order valence-corrected chi connectivity index (χ1v) is 6.51. The molecule has 0 fully saturated rings. The largest absolute Gasteiger partial charge is 0.361 e. The maximum Gasteiger partial charge on any atom is 0.262 e. The number of aromatic nitrogens is 3. The molecule has 0 bridgehead atoms. The molecule has 0 spiro atoms. The molecule has 0 aliphatic heterocycles. The minimum atomic E-state index is -0.383. The molecule has 2 heterocycles. The normalized spacial score (nSPS) is 10.5. The zero-order chi connectivity index (χ0) is 15.6. The molecule has 0 unspecified atom stereocenters. The molecule has 0 aliphatic carbocycles. The molecule has 8 nitrogen and oxygen atoms in total. The van der Waals surface area contributed by atoms with E-state index in [1.807, 2.05) is 6.92 Å². The van der Waals surface area contributed by atoms with E-state index in [-0.39, 0.29) is 11.8 Å². The first-order valence-electron chi connectivity index (χ1n) is 6.51. The third-order valence-electron chi connectivity index (χ3n) is 3.10. The van der Waals surface area contributed by atoms with Crippen molar-refractivity contribution in [1.29, 1.82) is 0 Å². The summed E-state index contributed by atoms with van der Waals surface area (Å²) >= 11 is 0. The SMILES string of the molecule is CCn1ncc(C(=O)NC)c1NC(=O)c1c(C)noc1C. The Labute approximate surface area is 121 Å². The molecule has 0 atom stereocenters. The smallest absolute Gasteiger partial charge is 0.262 e. The van der Waals surface area contributed by atoms with Crippen LogP contribution in [-0.4, -0.2) is 33.8 Å². The molecule has 112 valence electrons. The van der Waals surface area contributed by atoms with Gasteiger partial charge in [0.2, 0.25) is 0 Å². The molecule has 2 aromatic rings. The van der Waals surface area contributed by atoms with Crippen molar-refractivity contribution in [2.75, 3.05) is 12.4 Å². The summed E-state index contributed by atoms with van der Waals surface area (Å²) in [6.07, 6.45) is 1.42. The van der Waals surface area contributed by atoms with Gasteiger partial charge in [-0.3, -0.25) is 9.59 Å². The van der Waals surface area contributed by atoms with Crippen molar-refractivity contribution in [1.82, 2.24) is 20.3 Å². The Kier molecular flexibility index (Phi) is 4.06. The molecule has 21 heavy (non-hydrogen) atoms. The summed E-state index contributed by atoms with van der Waals surface area (Å²) in [5, 5.41) is 13.1. The zero-order valence-corrected chi connectivity index (χ0v) is 12.4. The molecule has 2 amide bonds. The van der Waals surface area contributed by atoms with Gasteiger partial charge in [-0.1, -0.05) is 5.16 Å². The third kappa shape index (κ3) is 2.64. The number of hydrogen-bond acceptors (Lipinski definition) is 5. The van der Waals surface area contributed by atoms with Gasteiger partial charge in [-0.15, -0.1) is 0 Å². The molecule has 2 N–H and O–H groups in total. The predicted molar refractivity (Wildman–Crippen MR) is 75.2 cm³/mol. The van der Waals surface area contributed by atoms with Crippen LogP contribution in [0.4, 0.5) is 5.82 Å². The van der Waals surface area contributed by atoms with Crippen LogP contribution in [0.2, 0.25) is 0 Å². The van der Waals surface area contributed by atoms with Crippen molar-refractivity contribution >= 4 is 17.6 Å². The number of nitrogens with one attached hydrogen (secondary N) is 2. The van der Waals surface area contributed by atoms with E-state index in [2.05, 4.69) is 20.9 Å². The number of aryl methyl sites for hydroxylation is 3. The molecule has 0 aliphatic rings. The van der Waals surface area contributed by atoms with Crippen molar-refractivity contribution in [2.45, 2.75) is 27.3 Å². The first-order chi connectivity index (χ1) is 9.99. The second kappa shape index (κ2) is 5.78. The highest BCUT2D eigenvalue weighted by molar-refractivity contribution is 6.09. The van der Waals surface area contributed by atoms with Crippen LogP contribution in [-0.2, 0) is 6.54 Å². The zero-order valence-electron chi connectivity index (χ0n) is 12.4. The Morgan fingerprint density at radius 1 is 1.33 bits per heavy atom. The lowest BCUT2D eigenvalue weighted by molar-refractivity contribution is 0.0964. The molecule has 0 aromatic carbocycles. The van der Waals surface area contributed by atoms with Crippen molar-refractivity contribution in [2.24, 2.45) is 0 Å². The molecule has 0 radical (unpaired) electrons. The van der Waals surface area contributed by atoms with Gasteiger partial charge >= 0.3 is 0 Å². The van der Waals surface area contributed by atoms with Crippen LogP contribution in [0, 0.1) is 13.8 Å². The highest BCUT2D eigenvalue weighted by atomic mass is 16.5.